The number of hydrogen-bond acceptors (Lipinski definition) is 8. The summed E-state index contributed by atoms with van der Waals surface area (Å²) in [7, 11) is 3.37. The molecule has 0 aromatic heterocycles. The maximum absolute atomic E-state index is 14.8. The van der Waals surface area contributed by atoms with Crippen molar-refractivity contribution in [1.82, 2.24) is 42.1 Å². The van der Waals surface area contributed by atoms with Crippen molar-refractivity contribution in [1.29, 1.82) is 0 Å². The van der Waals surface area contributed by atoms with Crippen molar-refractivity contribution < 1.29 is 28.8 Å². The number of hydrogen-bond donors (Lipinski definition) is 7. The normalized spacial score (nSPS) is 21.4. The van der Waals surface area contributed by atoms with Crippen LogP contribution in [0.4, 0.5) is 0 Å². The van der Waals surface area contributed by atoms with Gasteiger partial charge in [-0.1, -0.05) is 114 Å². The zero-order chi connectivity index (χ0) is 49.5. The molecule has 0 saturated carbocycles. The number of likely N-dealkylation sites (N-methyl/N-ethyl adjacent to an activating group) is 2. The molecule has 0 spiro atoms. The lowest BCUT2D eigenvalue weighted by atomic mass is 9.85. The fourth-order valence-corrected chi connectivity index (χ4v) is 9.83. The van der Waals surface area contributed by atoms with Gasteiger partial charge in [-0.15, -0.1) is 0 Å². The van der Waals surface area contributed by atoms with Crippen molar-refractivity contribution in [3.8, 4) is 0 Å². The molecule has 6 rings (SSSR count). The first-order valence-electron chi connectivity index (χ1n) is 24.6. The largest absolute Gasteiger partial charge is 0.347 e. The van der Waals surface area contributed by atoms with E-state index in [1.54, 1.807) is 32.8 Å². The number of likely N-dealkylation sites (tertiary alicyclic amines) is 1. The zero-order valence-electron chi connectivity index (χ0n) is 41.9. The number of aryl methyl sites for hydroxylation is 2. The van der Waals surface area contributed by atoms with Crippen LogP contribution in [0, 0.1) is 10.8 Å². The average Bonchev–Trinajstić information content (AvgIpc) is 3.77. The van der Waals surface area contributed by atoms with Gasteiger partial charge in [-0.3, -0.25) is 28.8 Å². The number of rotatable bonds is 16. The predicted octanol–water partition coefficient (Wildman–Crippen LogP) is 5.06. The van der Waals surface area contributed by atoms with Crippen LogP contribution in [0.3, 0.4) is 0 Å². The van der Waals surface area contributed by atoms with Gasteiger partial charge in [-0.05, 0) is 117 Å². The van der Waals surface area contributed by atoms with Crippen molar-refractivity contribution in [3.63, 3.8) is 0 Å². The van der Waals surface area contributed by atoms with Crippen LogP contribution in [0.5, 0.6) is 0 Å². The second kappa shape index (κ2) is 22.2. The lowest BCUT2D eigenvalue weighted by Crippen LogP contribution is -2.60. The van der Waals surface area contributed by atoms with Crippen molar-refractivity contribution in [2.75, 3.05) is 20.6 Å². The smallest absolute Gasteiger partial charge is 0.246 e. The van der Waals surface area contributed by atoms with Gasteiger partial charge in [-0.2, -0.15) is 0 Å². The summed E-state index contributed by atoms with van der Waals surface area (Å²) in [5, 5.41) is 21.4. The maximum atomic E-state index is 14.8. The Hall–Kier alpha value is -5.60. The summed E-state index contributed by atoms with van der Waals surface area (Å²) in [6.45, 7) is 15.1. The van der Waals surface area contributed by atoms with Crippen LogP contribution in [0.25, 0.3) is 0 Å². The van der Waals surface area contributed by atoms with Gasteiger partial charge in [-0.25, -0.2) is 0 Å². The van der Waals surface area contributed by atoms with Gasteiger partial charge >= 0.3 is 0 Å². The Balaban J connectivity index is 1.27. The molecule has 1 heterocycles. The summed E-state index contributed by atoms with van der Waals surface area (Å²) in [6, 6.07) is 19.1. The molecule has 6 amide bonds. The molecule has 3 aliphatic rings. The lowest BCUT2D eigenvalue weighted by Gasteiger charge is -2.36. The third kappa shape index (κ3) is 12.5. The lowest BCUT2D eigenvalue weighted by molar-refractivity contribution is -0.144. The third-order valence-electron chi connectivity index (χ3n) is 14.2. The fraction of sp³-hybridized carbons (Fsp3) is 0.556. The number of nitrogens with zero attached hydrogens (tertiary/aromatic N) is 1. The van der Waals surface area contributed by atoms with Gasteiger partial charge in [0, 0.05) is 18.9 Å². The van der Waals surface area contributed by atoms with E-state index in [1.807, 2.05) is 96.1 Å². The van der Waals surface area contributed by atoms with E-state index in [0.717, 1.165) is 60.8 Å². The van der Waals surface area contributed by atoms with Gasteiger partial charge in [0.1, 0.15) is 24.2 Å². The fourth-order valence-electron chi connectivity index (χ4n) is 9.83. The monoisotopic (exact) mass is 933 g/mol. The number of fused-ring (bicyclic) bond motifs is 2. The Morgan fingerprint density at radius 1 is 0.618 bits per heavy atom. The molecule has 14 heteroatoms. The van der Waals surface area contributed by atoms with Crippen molar-refractivity contribution in [3.05, 3.63) is 106 Å². The zero-order valence-corrected chi connectivity index (χ0v) is 41.9. The Labute approximate surface area is 403 Å². The standard InChI is InChI=1S/C54H76N8O6/c1-32(55-9)47(63)60-45(53(3,4)5)51(67)59-43(49(65)57-41-23-15-19-36-17-11-13-21-39(36)41)29-34-25-27-35(28-26-34)38-30-44(50(66)58-42-24-16-20-37-18-12-14-22-40(37)42)62(31-38)52(68)46(54(6,7)8)61-48(64)33(2)56-10/h11-14,17-18,21-22,25-28,32-33,38,41-46,55-56H,15-16,19-20,23-24,29-31H2,1-10H3,(H,57,65)(H,58,66)(H,59,67)(H,60,63)(H,61,64)/t32-,33-,38-,41+,42+,43-,44-,45+,46+/m0/s1. The van der Waals surface area contributed by atoms with Gasteiger partial charge in [0.25, 0.3) is 0 Å². The molecule has 1 aliphatic heterocycles. The number of carbonyl (C=O) groups is 6. The molecule has 0 bridgehead atoms. The number of benzene rings is 3. The second-order valence-corrected chi connectivity index (χ2v) is 21.4. The average molecular weight is 933 g/mol. The summed E-state index contributed by atoms with van der Waals surface area (Å²) < 4.78 is 0. The molecule has 1 fully saturated rings. The van der Waals surface area contributed by atoms with Crippen molar-refractivity contribution in [2.45, 2.75) is 161 Å². The molecule has 14 nitrogen and oxygen atoms in total. The maximum Gasteiger partial charge on any atom is 0.246 e. The minimum Gasteiger partial charge on any atom is -0.347 e. The second-order valence-electron chi connectivity index (χ2n) is 21.4. The van der Waals surface area contributed by atoms with Crippen LogP contribution in [0.1, 0.15) is 139 Å². The molecule has 1 saturated heterocycles. The third-order valence-corrected chi connectivity index (χ3v) is 14.2. The summed E-state index contributed by atoms with van der Waals surface area (Å²) in [4.78, 5) is 85.9. The number of nitrogens with one attached hydrogen (secondary N) is 7. The van der Waals surface area contributed by atoms with Gasteiger partial charge in [0.15, 0.2) is 0 Å². The molecular weight excluding hydrogens is 857 g/mol. The summed E-state index contributed by atoms with van der Waals surface area (Å²) in [5.74, 6) is -2.17. The summed E-state index contributed by atoms with van der Waals surface area (Å²) >= 11 is 0. The van der Waals surface area contributed by atoms with Gasteiger partial charge in [0.05, 0.1) is 24.2 Å². The van der Waals surface area contributed by atoms with E-state index in [1.165, 1.54) is 11.1 Å². The topological polar surface area (TPSA) is 190 Å². The highest BCUT2D eigenvalue weighted by molar-refractivity contribution is 5.95. The van der Waals surface area contributed by atoms with E-state index >= 15 is 0 Å². The molecular formula is C54H76N8O6. The summed E-state index contributed by atoms with van der Waals surface area (Å²) in [6.07, 6.45) is 5.86. The van der Waals surface area contributed by atoms with Crippen LogP contribution in [-0.2, 0) is 48.0 Å². The molecule has 68 heavy (non-hydrogen) atoms. The highest BCUT2D eigenvalue weighted by Crippen LogP contribution is 2.37. The molecule has 3 aromatic rings. The molecule has 9 atom stereocenters. The summed E-state index contributed by atoms with van der Waals surface area (Å²) in [5.41, 5.74) is 4.97. The number of carbonyl (C=O) groups excluding carboxylic acids is 6. The van der Waals surface area contributed by atoms with Crippen molar-refractivity contribution in [2.24, 2.45) is 10.8 Å². The Morgan fingerprint density at radius 3 is 1.63 bits per heavy atom. The number of amides is 6. The molecule has 7 N–H and O–H groups in total. The Bertz CT molecular complexity index is 2280. The van der Waals surface area contributed by atoms with E-state index in [9.17, 15) is 28.8 Å². The predicted molar refractivity (Wildman–Crippen MR) is 265 cm³/mol. The molecule has 2 aliphatic carbocycles. The minimum atomic E-state index is -0.973. The Morgan fingerprint density at radius 2 is 1.12 bits per heavy atom. The first-order chi connectivity index (χ1) is 32.2. The molecule has 0 unspecified atom stereocenters. The van der Waals surface area contributed by atoms with E-state index in [2.05, 4.69) is 55.4 Å². The first kappa shape index (κ1) is 51.8. The van der Waals surface area contributed by atoms with Gasteiger partial charge < -0.3 is 42.1 Å². The SMILES string of the molecule is CN[C@@H](C)C(=O)N[C@H](C(=O)N[C@@H](Cc1ccc([C@H]2C[C@@H](C(=O)N[C@@H]3CCCc4ccccc43)N(C(=O)[C@@H](NC(=O)[C@H](C)NC)C(C)(C)C)C2)cc1)C(=O)N[C@@H]1CCCc2ccccc21)C(C)(C)C. The van der Waals surface area contributed by atoms with Gasteiger partial charge in [0.2, 0.25) is 35.4 Å². The molecule has 368 valence electrons. The minimum absolute atomic E-state index is 0.172. The van der Waals surface area contributed by atoms with Crippen LogP contribution >= 0.6 is 0 Å². The Kier molecular flexibility index (Phi) is 16.9. The van der Waals surface area contributed by atoms with E-state index in [4.69, 9.17) is 0 Å². The first-order valence-corrected chi connectivity index (χ1v) is 24.6. The van der Waals surface area contributed by atoms with E-state index in [0.29, 0.717) is 6.42 Å². The van der Waals surface area contributed by atoms with Crippen molar-refractivity contribution >= 4 is 35.4 Å². The van der Waals surface area contributed by atoms with Crippen LogP contribution in [-0.4, -0.2) is 97.2 Å². The molecule has 3 aromatic carbocycles. The van der Waals surface area contributed by atoms with Crippen LogP contribution in [0.15, 0.2) is 72.8 Å². The molecule has 0 radical (unpaired) electrons. The highest BCUT2D eigenvalue weighted by Gasteiger charge is 2.46. The van der Waals surface area contributed by atoms with E-state index < -0.39 is 53.0 Å². The highest BCUT2D eigenvalue weighted by atomic mass is 16.2. The van der Waals surface area contributed by atoms with Crippen LogP contribution < -0.4 is 37.2 Å². The van der Waals surface area contributed by atoms with Crippen LogP contribution in [0.2, 0.25) is 0 Å². The van der Waals surface area contributed by atoms with E-state index in [-0.39, 0.29) is 60.5 Å². The quantitative estimate of drug-likeness (QED) is 0.104.